The molecule has 1 saturated heterocycles. The summed E-state index contributed by atoms with van der Waals surface area (Å²) in [6, 6.07) is -0.807. The molecule has 2 aliphatic rings. The lowest BCUT2D eigenvalue weighted by Crippen LogP contribution is -2.59. The Balaban J connectivity index is 2.06. The molecule has 4 amide bonds. The molecule has 3 unspecified atom stereocenters. The Hall–Kier alpha value is -1.46. The van der Waals surface area contributed by atoms with Gasteiger partial charge in [0.05, 0.1) is 0 Å². The standard InChI is InChI=1S/C9H11FN2O3/c1-4-2-5(4)3-12-8(14)6(10)7(13)11-9(12)15/h4-6H,2-3H2,1H3,(H,11,13,15). The summed E-state index contributed by atoms with van der Waals surface area (Å²) in [6.45, 7) is 2.20. The van der Waals surface area contributed by atoms with Crippen molar-refractivity contribution in [1.82, 2.24) is 10.2 Å². The van der Waals surface area contributed by atoms with E-state index in [-0.39, 0.29) is 12.5 Å². The van der Waals surface area contributed by atoms with Gasteiger partial charge < -0.3 is 0 Å². The van der Waals surface area contributed by atoms with Crippen LogP contribution in [0.25, 0.3) is 0 Å². The molecular weight excluding hydrogens is 203 g/mol. The number of hydrogen-bond acceptors (Lipinski definition) is 3. The Bertz CT molecular complexity index is 344. The Kier molecular flexibility index (Phi) is 2.21. The van der Waals surface area contributed by atoms with Crippen LogP contribution >= 0.6 is 0 Å². The molecule has 2 rings (SSSR count). The van der Waals surface area contributed by atoms with Gasteiger partial charge in [0.15, 0.2) is 0 Å². The van der Waals surface area contributed by atoms with Crippen LogP contribution in [-0.4, -0.2) is 35.5 Å². The number of nitrogens with one attached hydrogen (secondary N) is 1. The minimum Gasteiger partial charge on any atom is -0.275 e. The average molecular weight is 214 g/mol. The van der Waals surface area contributed by atoms with Crippen molar-refractivity contribution in [2.45, 2.75) is 19.5 Å². The minimum atomic E-state index is -2.24. The second-order valence-corrected chi connectivity index (χ2v) is 4.08. The number of urea groups is 1. The van der Waals surface area contributed by atoms with Gasteiger partial charge in [-0.25, -0.2) is 9.18 Å². The Morgan fingerprint density at radius 3 is 2.60 bits per heavy atom. The van der Waals surface area contributed by atoms with Gasteiger partial charge in [0.1, 0.15) is 0 Å². The van der Waals surface area contributed by atoms with E-state index in [1.165, 1.54) is 0 Å². The molecule has 1 aliphatic heterocycles. The van der Waals surface area contributed by atoms with Crippen LogP contribution in [0.3, 0.4) is 0 Å². The molecule has 0 bridgehead atoms. The summed E-state index contributed by atoms with van der Waals surface area (Å²) in [5.74, 6) is -1.49. The molecule has 0 aromatic carbocycles. The van der Waals surface area contributed by atoms with Crippen molar-refractivity contribution in [2.24, 2.45) is 11.8 Å². The predicted molar refractivity (Wildman–Crippen MR) is 47.4 cm³/mol. The molecule has 1 aliphatic carbocycles. The number of alkyl halides is 1. The van der Waals surface area contributed by atoms with Crippen LogP contribution in [0.5, 0.6) is 0 Å². The largest absolute Gasteiger partial charge is 0.330 e. The van der Waals surface area contributed by atoms with Crippen molar-refractivity contribution in [3.8, 4) is 0 Å². The van der Waals surface area contributed by atoms with E-state index in [0.717, 1.165) is 11.3 Å². The van der Waals surface area contributed by atoms with Crippen molar-refractivity contribution in [1.29, 1.82) is 0 Å². The third kappa shape index (κ3) is 1.71. The minimum absolute atomic E-state index is 0.208. The first kappa shape index (κ1) is 10.1. The van der Waals surface area contributed by atoms with Gasteiger partial charge in [0.25, 0.3) is 18.0 Å². The quantitative estimate of drug-likeness (QED) is 0.661. The van der Waals surface area contributed by atoms with Crippen molar-refractivity contribution >= 4 is 17.8 Å². The fourth-order valence-electron chi connectivity index (χ4n) is 1.65. The van der Waals surface area contributed by atoms with Crippen molar-refractivity contribution < 1.29 is 18.8 Å². The van der Waals surface area contributed by atoms with E-state index in [9.17, 15) is 18.8 Å². The Morgan fingerprint density at radius 1 is 1.47 bits per heavy atom. The molecule has 0 aromatic rings. The molecule has 3 atom stereocenters. The number of hydrogen-bond donors (Lipinski definition) is 1. The summed E-state index contributed by atoms with van der Waals surface area (Å²) >= 11 is 0. The van der Waals surface area contributed by atoms with Crippen LogP contribution in [0.15, 0.2) is 0 Å². The van der Waals surface area contributed by atoms with E-state index in [0.29, 0.717) is 5.92 Å². The second kappa shape index (κ2) is 3.29. The van der Waals surface area contributed by atoms with Gasteiger partial charge in [-0.05, 0) is 18.3 Å². The van der Waals surface area contributed by atoms with Gasteiger partial charge in [-0.2, -0.15) is 0 Å². The molecule has 2 fully saturated rings. The summed E-state index contributed by atoms with van der Waals surface area (Å²) in [4.78, 5) is 34.1. The summed E-state index contributed by atoms with van der Waals surface area (Å²) in [5.41, 5.74) is 0. The lowest BCUT2D eigenvalue weighted by molar-refractivity contribution is -0.144. The Morgan fingerprint density at radius 2 is 2.07 bits per heavy atom. The number of amides is 4. The van der Waals surface area contributed by atoms with Gasteiger partial charge in [-0.15, -0.1) is 0 Å². The number of halogens is 1. The zero-order valence-electron chi connectivity index (χ0n) is 8.20. The van der Waals surface area contributed by atoms with Gasteiger partial charge in [-0.3, -0.25) is 19.8 Å². The number of imide groups is 2. The lowest BCUT2D eigenvalue weighted by atomic mass is 10.2. The highest BCUT2D eigenvalue weighted by Gasteiger charge is 2.44. The highest BCUT2D eigenvalue weighted by atomic mass is 19.1. The normalized spacial score (nSPS) is 35.5. The summed E-state index contributed by atoms with van der Waals surface area (Å²) in [6.07, 6.45) is -1.31. The summed E-state index contributed by atoms with van der Waals surface area (Å²) in [5, 5.41) is 1.81. The predicted octanol–water partition coefficient (Wildman–Crippen LogP) is 0.0589. The van der Waals surface area contributed by atoms with E-state index in [1.807, 2.05) is 12.2 Å². The number of rotatable bonds is 2. The van der Waals surface area contributed by atoms with Crippen LogP contribution < -0.4 is 5.32 Å². The van der Waals surface area contributed by atoms with E-state index < -0.39 is 24.0 Å². The van der Waals surface area contributed by atoms with E-state index >= 15 is 0 Å². The zero-order chi connectivity index (χ0) is 11.2. The van der Waals surface area contributed by atoms with Crippen LogP contribution in [-0.2, 0) is 9.59 Å². The third-order valence-electron chi connectivity index (χ3n) is 2.88. The molecule has 0 spiro atoms. The van der Waals surface area contributed by atoms with Gasteiger partial charge in [-0.1, -0.05) is 6.92 Å². The first-order valence-corrected chi connectivity index (χ1v) is 4.81. The molecule has 15 heavy (non-hydrogen) atoms. The van der Waals surface area contributed by atoms with Crippen molar-refractivity contribution in [3.05, 3.63) is 0 Å². The number of barbiturate groups is 1. The van der Waals surface area contributed by atoms with E-state index in [4.69, 9.17) is 0 Å². The molecule has 0 aromatic heterocycles. The molecule has 1 saturated carbocycles. The van der Waals surface area contributed by atoms with Gasteiger partial charge in [0.2, 0.25) is 0 Å². The van der Waals surface area contributed by atoms with Crippen LogP contribution in [0.4, 0.5) is 9.18 Å². The fourth-order valence-corrected chi connectivity index (χ4v) is 1.65. The highest BCUT2D eigenvalue weighted by molar-refractivity contribution is 6.18. The number of nitrogens with zero attached hydrogens (tertiary/aromatic N) is 1. The molecule has 6 heteroatoms. The average Bonchev–Trinajstić information content (AvgIpc) is 2.86. The highest BCUT2D eigenvalue weighted by Crippen LogP contribution is 2.38. The van der Waals surface area contributed by atoms with Gasteiger partial charge >= 0.3 is 6.03 Å². The Labute approximate surface area is 85.6 Å². The van der Waals surface area contributed by atoms with Crippen LogP contribution in [0.2, 0.25) is 0 Å². The molecule has 5 nitrogen and oxygen atoms in total. The number of carbonyl (C=O) groups excluding carboxylic acids is 3. The second-order valence-electron chi connectivity index (χ2n) is 4.08. The topological polar surface area (TPSA) is 66.5 Å². The van der Waals surface area contributed by atoms with E-state index in [2.05, 4.69) is 0 Å². The maximum absolute atomic E-state index is 13.0. The maximum Gasteiger partial charge on any atom is 0.330 e. The molecule has 1 N–H and O–H groups in total. The van der Waals surface area contributed by atoms with E-state index in [1.54, 1.807) is 0 Å². The summed E-state index contributed by atoms with van der Waals surface area (Å²) < 4.78 is 13.0. The fraction of sp³-hybridized carbons (Fsp3) is 0.667. The first-order valence-electron chi connectivity index (χ1n) is 4.81. The lowest BCUT2D eigenvalue weighted by Gasteiger charge is -2.26. The van der Waals surface area contributed by atoms with Crippen molar-refractivity contribution in [2.75, 3.05) is 6.54 Å². The smallest absolute Gasteiger partial charge is 0.275 e. The third-order valence-corrected chi connectivity index (χ3v) is 2.88. The molecule has 0 radical (unpaired) electrons. The van der Waals surface area contributed by atoms with Crippen LogP contribution in [0.1, 0.15) is 13.3 Å². The molecular formula is C9H11FN2O3. The number of carbonyl (C=O) groups is 3. The maximum atomic E-state index is 13.0. The monoisotopic (exact) mass is 214 g/mol. The van der Waals surface area contributed by atoms with Crippen molar-refractivity contribution in [3.63, 3.8) is 0 Å². The SMILES string of the molecule is CC1CC1CN1C(=O)NC(=O)C(F)C1=O. The first-order chi connectivity index (χ1) is 7.00. The molecule has 82 valence electrons. The summed E-state index contributed by atoms with van der Waals surface area (Å²) in [7, 11) is 0. The zero-order valence-corrected chi connectivity index (χ0v) is 8.20. The van der Waals surface area contributed by atoms with Crippen LogP contribution in [0, 0.1) is 11.8 Å². The van der Waals surface area contributed by atoms with Gasteiger partial charge in [0, 0.05) is 6.54 Å². The molecule has 1 heterocycles.